The Kier molecular flexibility index (Phi) is 5.98. The van der Waals surface area contributed by atoms with Gasteiger partial charge in [0.1, 0.15) is 5.69 Å². The number of carbonyl (C=O) groups excluding carboxylic acids is 1. The van der Waals surface area contributed by atoms with Crippen molar-refractivity contribution in [3.8, 4) is 0 Å². The zero-order valence-corrected chi connectivity index (χ0v) is 11.8. The van der Waals surface area contributed by atoms with E-state index in [1.165, 1.54) is 0 Å². The number of H-pyrrole nitrogens is 1. The third-order valence-electron chi connectivity index (χ3n) is 2.92. The van der Waals surface area contributed by atoms with Crippen LogP contribution in [0.25, 0.3) is 0 Å². The molecule has 1 aromatic rings. The molecule has 0 radical (unpaired) electrons. The molecular weight excluding hydrogens is 246 g/mol. The Bertz CT molecular complexity index is 398. The molecule has 1 aromatic heterocycles. The summed E-state index contributed by atoms with van der Waals surface area (Å²) in [6, 6.07) is 1.75. The van der Waals surface area contributed by atoms with Gasteiger partial charge in [-0.05, 0) is 25.8 Å². The van der Waals surface area contributed by atoms with Crippen molar-refractivity contribution in [2.45, 2.75) is 38.6 Å². The number of amides is 1. The minimum Gasteiger partial charge on any atom is -0.396 e. The average molecular weight is 269 g/mol. The molecule has 6 heteroatoms. The van der Waals surface area contributed by atoms with Crippen molar-refractivity contribution in [2.24, 2.45) is 0 Å². The summed E-state index contributed by atoms with van der Waals surface area (Å²) in [7, 11) is 1.57. The maximum absolute atomic E-state index is 12.1. The van der Waals surface area contributed by atoms with Crippen LogP contribution in [0.1, 0.15) is 42.9 Å². The fourth-order valence-electron chi connectivity index (χ4n) is 1.95. The highest BCUT2D eigenvalue weighted by Gasteiger charge is 2.27. The first kappa shape index (κ1) is 15.7. The standard InChI is InChI=1S/C13H23N3O3/c1-4-5-10-8-11(16-15-10)12(18)14-13(2,6-7-17)9-19-3/h8,17H,4-7,9H2,1-3H3,(H,14,18)(H,15,16). The molecule has 0 aliphatic rings. The third-order valence-corrected chi connectivity index (χ3v) is 2.92. The van der Waals surface area contributed by atoms with Crippen molar-refractivity contribution in [1.82, 2.24) is 15.5 Å². The topological polar surface area (TPSA) is 87.2 Å². The number of aliphatic hydroxyl groups excluding tert-OH is 1. The number of aromatic amines is 1. The lowest BCUT2D eigenvalue weighted by Gasteiger charge is -2.29. The second kappa shape index (κ2) is 7.25. The van der Waals surface area contributed by atoms with E-state index in [4.69, 9.17) is 9.84 Å². The Balaban J connectivity index is 2.69. The van der Waals surface area contributed by atoms with Gasteiger partial charge in [0.2, 0.25) is 0 Å². The Morgan fingerprint density at radius 3 is 2.95 bits per heavy atom. The summed E-state index contributed by atoms with van der Waals surface area (Å²) in [5, 5.41) is 18.8. The molecule has 1 unspecified atom stereocenters. The summed E-state index contributed by atoms with van der Waals surface area (Å²) < 4.78 is 5.09. The Morgan fingerprint density at radius 2 is 2.37 bits per heavy atom. The molecule has 19 heavy (non-hydrogen) atoms. The summed E-state index contributed by atoms with van der Waals surface area (Å²) in [5.41, 5.74) is 0.719. The number of aliphatic hydroxyl groups is 1. The molecule has 0 aromatic carbocycles. The van der Waals surface area contributed by atoms with Gasteiger partial charge in [-0.25, -0.2) is 0 Å². The molecule has 6 nitrogen and oxygen atoms in total. The molecule has 1 rings (SSSR count). The van der Waals surface area contributed by atoms with Crippen LogP contribution in [0, 0.1) is 0 Å². The van der Waals surface area contributed by atoms with Crippen LogP contribution in [0.5, 0.6) is 0 Å². The average Bonchev–Trinajstić information content (AvgIpc) is 2.78. The number of methoxy groups -OCH3 is 1. The maximum atomic E-state index is 12.1. The van der Waals surface area contributed by atoms with Crippen LogP contribution < -0.4 is 5.32 Å². The lowest BCUT2D eigenvalue weighted by Crippen LogP contribution is -2.50. The molecule has 1 atom stereocenters. The van der Waals surface area contributed by atoms with Gasteiger partial charge in [-0.2, -0.15) is 5.10 Å². The van der Waals surface area contributed by atoms with E-state index in [1.54, 1.807) is 13.2 Å². The minimum absolute atomic E-state index is 0.0121. The monoisotopic (exact) mass is 269 g/mol. The minimum atomic E-state index is -0.593. The zero-order valence-electron chi connectivity index (χ0n) is 11.8. The number of nitrogens with zero attached hydrogens (tertiary/aromatic N) is 1. The number of hydrogen-bond acceptors (Lipinski definition) is 4. The van der Waals surface area contributed by atoms with E-state index in [9.17, 15) is 4.79 Å². The molecule has 0 aliphatic carbocycles. The summed E-state index contributed by atoms with van der Waals surface area (Å²) in [6.07, 6.45) is 2.29. The fourth-order valence-corrected chi connectivity index (χ4v) is 1.95. The second-order valence-electron chi connectivity index (χ2n) is 4.95. The Hall–Kier alpha value is -1.40. The van der Waals surface area contributed by atoms with Crippen LogP contribution in [0.3, 0.4) is 0 Å². The normalized spacial score (nSPS) is 14.1. The van der Waals surface area contributed by atoms with Gasteiger partial charge >= 0.3 is 0 Å². The van der Waals surface area contributed by atoms with Crippen LogP contribution in [0.4, 0.5) is 0 Å². The van der Waals surface area contributed by atoms with Crippen LogP contribution in [-0.2, 0) is 11.2 Å². The fraction of sp³-hybridized carbons (Fsp3) is 0.692. The Morgan fingerprint density at radius 1 is 1.63 bits per heavy atom. The number of aryl methyl sites for hydroxylation is 1. The number of nitrogens with one attached hydrogen (secondary N) is 2. The SMILES string of the molecule is CCCc1cc(C(=O)NC(C)(CCO)COC)n[nH]1. The summed E-state index contributed by atoms with van der Waals surface area (Å²) in [4.78, 5) is 12.1. The van der Waals surface area contributed by atoms with Crippen molar-refractivity contribution in [1.29, 1.82) is 0 Å². The van der Waals surface area contributed by atoms with E-state index in [0.29, 0.717) is 18.7 Å². The molecule has 0 aliphatic heterocycles. The largest absolute Gasteiger partial charge is 0.396 e. The molecule has 108 valence electrons. The van der Waals surface area contributed by atoms with Crippen LogP contribution >= 0.6 is 0 Å². The number of rotatable bonds is 8. The van der Waals surface area contributed by atoms with Gasteiger partial charge in [-0.3, -0.25) is 9.89 Å². The molecule has 0 saturated heterocycles. The lowest BCUT2D eigenvalue weighted by molar-refractivity contribution is 0.0721. The predicted octanol–water partition coefficient (Wildman–Crippen LogP) is 0.879. The highest BCUT2D eigenvalue weighted by molar-refractivity contribution is 5.92. The van der Waals surface area contributed by atoms with Gasteiger partial charge in [0, 0.05) is 19.4 Å². The van der Waals surface area contributed by atoms with Crippen LogP contribution in [0.2, 0.25) is 0 Å². The Labute approximate surface area is 113 Å². The zero-order chi connectivity index (χ0) is 14.3. The van der Waals surface area contributed by atoms with Crippen molar-refractivity contribution in [2.75, 3.05) is 20.3 Å². The van der Waals surface area contributed by atoms with Crippen molar-refractivity contribution >= 4 is 5.91 Å². The van der Waals surface area contributed by atoms with Crippen LogP contribution in [0.15, 0.2) is 6.07 Å². The van der Waals surface area contributed by atoms with Gasteiger partial charge in [0.25, 0.3) is 5.91 Å². The van der Waals surface area contributed by atoms with Gasteiger partial charge in [0.15, 0.2) is 0 Å². The summed E-state index contributed by atoms with van der Waals surface area (Å²) in [5.74, 6) is -0.258. The van der Waals surface area contributed by atoms with Gasteiger partial charge < -0.3 is 15.2 Å². The number of aromatic nitrogens is 2. The smallest absolute Gasteiger partial charge is 0.272 e. The van der Waals surface area contributed by atoms with Crippen molar-refractivity contribution < 1.29 is 14.6 Å². The third kappa shape index (κ3) is 4.65. The molecule has 0 spiro atoms. The summed E-state index contributed by atoms with van der Waals surface area (Å²) in [6.45, 7) is 4.23. The van der Waals surface area contributed by atoms with E-state index in [0.717, 1.165) is 18.5 Å². The van der Waals surface area contributed by atoms with E-state index < -0.39 is 5.54 Å². The van der Waals surface area contributed by atoms with Gasteiger partial charge in [0.05, 0.1) is 12.1 Å². The van der Waals surface area contributed by atoms with E-state index in [1.807, 2.05) is 6.92 Å². The lowest BCUT2D eigenvalue weighted by atomic mass is 9.99. The first-order valence-electron chi connectivity index (χ1n) is 6.51. The van der Waals surface area contributed by atoms with Gasteiger partial charge in [-0.1, -0.05) is 13.3 Å². The number of ether oxygens (including phenoxy) is 1. The van der Waals surface area contributed by atoms with Crippen LogP contribution in [-0.4, -0.2) is 47.1 Å². The molecule has 1 heterocycles. The molecule has 3 N–H and O–H groups in total. The second-order valence-corrected chi connectivity index (χ2v) is 4.95. The van der Waals surface area contributed by atoms with Crippen molar-refractivity contribution in [3.05, 3.63) is 17.5 Å². The molecule has 1 amide bonds. The number of hydrogen-bond donors (Lipinski definition) is 3. The first-order chi connectivity index (χ1) is 9.04. The highest BCUT2D eigenvalue weighted by Crippen LogP contribution is 2.11. The summed E-state index contributed by atoms with van der Waals surface area (Å²) >= 11 is 0. The van der Waals surface area contributed by atoms with Crippen molar-refractivity contribution in [3.63, 3.8) is 0 Å². The van der Waals surface area contributed by atoms with E-state index in [-0.39, 0.29) is 12.5 Å². The quantitative estimate of drug-likeness (QED) is 0.654. The first-order valence-corrected chi connectivity index (χ1v) is 6.51. The highest BCUT2D eigenvalue weighted by atomic mass is 16.5. The molecule has 0 saturated carbocycles. The van der Waals surface area contributed by atoms with E-state index >= 15 is 0 Å². The predicted molar refractivity (Wildman–Crippen MR) is 72.0 cm³/mol. The molecule has 0 fully saturated rings. The van der Waals surface area contributed by atoms with Gasteiger partial charge in [-0.15, -0.1) is 0 Å². The molecular formula is C13H23N3O3. The van der Waals surface area contributed by atoms with E-state index in [2.05, 4.69) is 22.4 Å². The number of carbonyl (C=O) groups is 1. The maximum Gasteiger partial charge on any atom is 0.272 e. The molecule has 0 bridgehead atoms.